The molecule has 0 aromatic heterocycles. The standard InChI is InChI=1S/C24H30N2O3/c1-2-7-22(26-23(27)15-18-8-4-3-5-9-18)24(28)25-21-11-6-10-20(14-21)17-29-16-19-12-13-19/h3-6,8-11,14,19,22H,2,7,12-13,15-17H2,1H3,(H,25,28)(H,26,27). The van der Waals surface area contributed by atoms with E-state index in [0.29, 0.717) is 13.0 Å². The van der Waals surface area contributed by atoms with Gasteiger partial charge in [0.1, 0.15) is 6.04 Å². The SMILES string of the molecule is CCCC(NC(=O)Cc1ccccc1)C(=O)Nc1cccc(COCC2CC2)c1. The van der Waals surface area contributed by atoms with E-state index in [1.807, 2.05) is 61.5 Å². The summed E-state index contributed by atoms with van der Waals surface area (Å²) in [5.74, 6) is 0.392. The van der Waals surface area contributed by atoms with Crippen LogP contribution in [0.4, 0.5) is 5.69 Å². The number of benzene rings is 2. The monoisotopic (exact) mass is 394 g/mol. The number of carbonyl (C=O) groups is 2. The van der Waals surface area contributed by atoms with Gasteiger partial charge in [-0.2, -0.15) is 0 Å². The second-order valence-corrected chi connectivity index (χ2v) is 7.72. The smallest absolute Gasteiger partial charge is 0.246 e. The quantitative estimate of drug-likeness (QED) is 0.603. The minimum atomic E-state index is -0.550. The predicted molar refractivity (Wildman–Crippen MR) is 114 cm³/mol. The van der Waals surface area contributed by atoms with Crippen molar-refractivity contribution in [2.75, 3.05) is 11.9 Å². The summed E-state index contributed by atoms with van der Waals surface area (Å²) in [6.07, 6.45) is 4.20. The van der Waals surface area contributed by atoms with Gasteiger partial charge in [-0.1, -0.05) is 55.8 Å². The van der Waals surface area contributed by atoms with Gasteiger partial charge in [-0.15, -0.1) is 0 Å². The summed E-state index contributed by atoms with van der Waals surface area (Å²) in [6, 6.07) is 16.7. The number of hydrogen-bond acceptors (Lipinski definition) is 3. The molecule has 1 unspecified atom stereocenters. The Morgan fingerprint density at radius 1 is 1.07 bits per heavy atom. The molecule has 0 aliphatic heterocycles. The van der Waals surface area contributed by atoms with Crippen LogP contribution in [-0.2, 0) is 27.4 Å². The molecular formula is C24H30N2O3. The first-order chi connectivity index (χ1) is 14.1. The second kappa shape index (κ2) is 10.8. The van der Waals surface area contributed by atoms with Gasteiger partial charge in [-0.05, 0) is 48.4 Å². The fourth-order valence-corrected chi connectivity index (χ4v) is 3.18. The van der Waals surface area contributed by atoms with Crippen LogP contribution in [0.15, 0.2) is 54.6 Å². The zero-order valence-electron chi connectivity index (χ0n) is 17.0. The number of anilines is 1. The van der Waals surface area contributed by atoms with Crippen molar-refractivity contribution in [3.05, 3.63) is 65.7 Å². The lowest BCUT2D eigenvalue weighted by Gasteiger charge is -2.18. The molecule has 1 atom stereocenters. The molecule has 29 heavy (non-hydrogen) atoms. The van der Waals surface area contributed by atoms with E-state index in [9.17, 15) is 9.59 Å². The average molecular weight is 395 g/mol. The Labute approximate surface area is 172 Å². The zero-order chi connectivity index (χ0) is 20.5. The minimum Gasteiger partial charge on any atom is -0.376 e. The third-order valence-corrected chi connectivity index (χ3v) is 4.95. The number of carbonyl (C=O) groups excluding carboxylic acids is 2. The number of rotatable bonds is 11. The van der Waals surface area contributed by atoms with Crippen molar-refractivity contribution in [1.82, 2.24) is 5.32 Å². The highest BCUT2D eigenvalue weighted by atomic mass is 16.5. The lowest BCUT2D eigenvalue weighted by atomic mass is 10.1. The van der Waals surface area contributed by atoms with Crippen molar-refractivity contribution in [3.8, 4) is 0 Å². The Morgan fingerprint density at radius 2 is 1.83 bits per heavy atom. The second-order valence-electron chi connectivity index (χ2n) is 7.72. The number of nitrogens with one attached hydrogen (secondary N) is 2. The topological polar surface area (TPSA) is 67.4 Å². The number of ether oxygens (including phenoxy) is 1. The van der Waals surface area contributed by atoms with Gasteiger partial charge in [-0.3, -0.25) is 9.59 Å². The zero-order valence-corrected chi connectivity index (χ0v) is 17.0. The summed E-state index contributed by atoms with van der Waals surface area (Å²) in [7, 11) is 0. The summed E-state index contributed by atoms with van der Waals surface area (Å²) < 4.78 is 5.73. The molecule has 2 N–H and O–H groups in total. The number of amides is 2. The molecule has 5 nitrogen and oxygen atoms in total. The van der Waals surface area contributed by atoms with Gasteiger partial charge in [-0.25, -0.2) is 0 Å². The van der Waals surface area contributed by atoms with Gasteiger partial charge >= 0.3 is 0 Å². The van der Waals surface area contributed by atoms with Crippen LogP contribution in [0.3, 0.4) is 0 Å². The van der Waals surface area contributed by atoms with Gasteiger partial charge < -0.3 is 15.4 Å². The summed E-state index contributed by atoms with van der Waals surface area (Å²) >= 11 is 0. The van der Waals surface area contributed by atoms with Crippen molar-refractivity contribution in [2.45, 2.75) is 51.7 Å². The molecule has 154 valence electrons. The van der Waals surface area contributed by atoms with Crippen molar-refractivity contribution >= 4 is 17.5 Å². The third-order valence-electron chi connectivity index (χ3n) is 4.95. The van der Waals surface area contributed by atoms with Crippen LogP contribution >= 0.6 is 0 Å². The first kappa shape index (κ1) is 21.1. The molecule has 5 heteroatoms. The van der Waals surface area contributed by atoms with Gasteiger partial charge in [0.05, 0.1) is 13.0 Å². The van der Waals surface area contributed by atoms with E-state index in [1.54, 1.807) is 0 Å². The van der Waals surface area contributed by atoms with E-state index in [-0.39, 0.29) is 18.2 Å². The Bertz CT molecular complexity index is 803. The van der Waals surface area contributed by atoms with Crippen LogP contribution in [0.2, 0.25) is 0 Å². The summed E-state index contributed by atoms with van der Waals surface area (Å²) in [5.41, 5.74) is 2.68. The van der Waals surface area contributed by atoms with Gasteiger partial charge in [0, 0.05) is 12.3 Å². The van der Waals surface area contributed by atoms with Crippen LogP contribution in [-0.4, -0.2) is 24.5 Å². The Morgan fingerprint density at radius 3 is 2.55 bits per heavy atom. The van der Waals surface area contributed by atoms with Crippen molar-refractivity contribution in [1.29, 1.82) is 0 Å². The van der Waals surface area contributed by atoms with E-state index in [1.165, 1.54) is 12.8 Å². The molecule has 2 aromatic rings. The molecule has 3 rings (SSSR count). The Kier molecular flexibility index (Phi) is 7.82. The first-order valence-electron chi connectivity index (χ1n) is 10.4. The lowest BCUT2D eigenvalue weighted by molar-refractivity contribution is -0.126. The molecule has 0 bridgehead atoms. The molecule has 0 heterocycles. The van der Waals surface area contributed by atoms with Crippen molar-refractivity contribution in [2.24, 2.45) is 5.92 Å². The minimum absolute atomic E-state index is 0.146. The molecule has 2 aromatic carbocycles. The lowest BCUT2D eigenvalue weighted by Crippen LogP contribution is -2.44. The molecule has 1 saturated carbocycles. The fourth-order valence-electron chi connectivity index (χ4n) is 3.18. The van der Waals surface area contributed by atoms with Gasteiger partial charge in [0.2, 0.25) is 11.8 Å². The first-order valence-corrected chi connectivity index (χ1v) is 10.4. The largest absolute Gasteiger partial charge is 0.376 e. The fraction of sp³-hybridized carbons (Fsp3) is 0.417. The van der Waals surface area contributed by atoms with E-state index < -0.39 is 6.04 Å². The summed E-state index contributed by atoms with van der Waals surface area (Å²) in [5, 5.41) is 5.82. The molecule has 1 aliphatic rings. The van der Waals surface area contributed by atoms with Crippen molar-refractivity contribution in [3.63, 3.8) is 0 Å². The van der Waals surface area contributed by atoms with Crippen molar-refractivity contribution < 1.29 is 14.3 Å². The van der Waals surface area contributed by atoms with Crippen LogP contribution in [0.25, 0.3) is 0 Å². The molecule has 1 fully saturated rings. The predicted octanol–water partition coefficient (Wildman–Crippen LogP) is 4.08. The maximum Gasteiger partial charge on any atom is 0.246 e. The van der Waals surface area contributed by atoms with Gasteiger partial charge in [0.25, 0.3) is 0 Å². The average Bonchev–Trinajstić information content (AvgIpc) is 3.53. The number of hydrogen-bond donors (Lipinski definition) is 2. The molecular weight excluding hydrogens is 364 g/mol. The molecule has 0 saturated heterocycles. The van der Waals surface area contributed by atoms with Crippen LogP contribution in [0, 0.1) is 5.92 Å². The molecule has 0 spiro atoms. The van der Waals surface area contributed by atoms with E-state index >= 15 is 0 Å². The highest BCUT2D eigenvalue weighted by Crippen LogP contribution is 2.29. The van der Waals surface area contributed by atoms with Crippen LogP contribution in [0.1, 0.15) is 43.7 Å². The normalized spacial score (nSPS) is 14.2. The highest BCUT2D eigenvalue weighted by molar-refractivity contribution is 5.97. The van der Waals surface area contributed by atoms with Crippen LogP contribution in [0.5, 0.6) is 0 Å². The molecule has 0 radical (unpaired) electrons. The summed E-state index contributed by atoms with van der Waals surface area (Å²) in [6.45, 7) is 3.36. The Balaban J connectivity index is 1.53. The van der Waals surface area contributed by atoms with Crippen LogP contribution < -0.4 is 10.6 Å². The molecule has 1 aliphatic carbocycles. The van der Waals surface area contributed by atoms with Gasteiger partial charge in [0.15, 0.2) is 0 Å². The third kappa shape index (κ3) is 7.35. The Hall–Kier alpha value is -2.66. The summed E-state index contributed by atoms with van der Waals surface area (Å²) in [4.78, 5) is 25.1. The van der Waals surface area contributed by atoms with E-state index in [4.69, 9.17) is 4.74 Å². The molecule has 2 amide bonds. The maximum atomic E-state index is 12.8. The van der Waals surface area contributed by atoms with E-state index in [0.717, 1.165) is 35.8 Å². The highest BCUT2D eigenvalue weighted by Gasteiger charge is 2.21. The van der Waals surface area contributed by atoms with E-state index in [2.05, 4.69) is 10.6 Å². The maximum absolute atomic E-state index is 12.8.